The lowest BCUT2D eigenvalue weighted by atomic mass is 10.2. The van der Waals surface area contributed by atoms with Crippen LogP contribution in [0.1, 0.15) is 11.7 Å². The third-order valence-corrected chi connectivity index (χ3v) is 2.45. The van der Waals surface area contributed by atoms with Crippen molar-refractivity contribution in [2.45, 2.75) is 6.10 Å². The summed E-state index contributed by atoms with van der Waals surface area (Å²) in [4.78, 5) is 0. The van der Waals surface area contributed by atoms with Crippen molar-refractivity contribution >= 4 is 15.9 Å². The van der Waals surface area contributed by atoms with Gasteiger partial charge in [0.05, 0.1) is 12.3 Å². The second-order valence-electron chi connectivity index (χ2n) is 2.27. The van der Waals surface area contributed by atoms with Crippen LogP contribution in [0.3, 0.4) is 0 Å². The van der Waals surface area contributed by atoms with Crippen LogP contribution in [0.5, 0.6) is 0 Å². The van der Waals surface area contributed by atoms with E-state index in [2.05, 4.69) is 21.0 Å². The zero-order valence-corrected chi connectivity index (χ0v) is 7.74. The molecule has 0 bridgehead atoms. The van der Waals surface area contributed by atoms with Gasteiger partial charge in [0.25, 0.3) is 0 Å². The highest BCUT2D eigenvalue weighted by Gasteiger charge is 2.12. The van der Waals surface area contributed by atoms with Gasteiger partial charge in [-0.2, -0.15) is 5.10 Å². The average molecular weight is 220 g/mol. The van der Waals surface area contributed by atoms with Crippen LogP contribution in [0, 0.1) is 0 Å². The number of halogens is 1. The highest BCUT2D eigenvalue weighted by molar-refractivity contribution is 9.10. The summed E-state index contributed by atoms with van der Waals surface area (Å²) in [6.45, 7) is 0.213. The first kappa shape index (κ1) is 8.70. The lowest BCUT2D eigenvalue weighted by Gasteiger charge is -2.04. The highest BCUT2D eigenvalue weighted by atomic mass is 79.9. The van der Waals surface area contributed by atoms with Crippen molar-refractivity contribution in [3.63, 3.8) is 0 Å². The van der Waals surface area contributed by atoms with Gasteiger partial charge in [0.2, 0.25) is 0 Å². The number of aliphatic hydroxyl groups excluding tert-OH is 1. The molecule has 0 aliphatic carbocycles. The minimum Gasteiger partial charge on any atom is -0.387 e. The van der Waals surface area contributed by atoms with Gasteiger partial charge in [-0.15, -0.1) is 0 Å². The van der Waals surface area contributed by atoms with E-state index in [1.54, 1.807) is 17.9 Å². The molecule has 1 unspecified atom stereocenters. The van der Waals surface area contributed by atoms with Crippen LogP contribution in [-0.2, 0) is 7.05 Å². The molecule has 0 saturated carbocycles. The van der Waals surface area contributed by atoms with E-state index in [1.165, 1.54) is 0 Å². The van der Waals surface area contributed by atoms with Gasteiger partial charge in [0, 0.05) is 19.2 Å². The van der Waals surface area contributed by atoms with E-state index in [-0.39, 0.29) is 6.54 Å². The van der Waals surface area contributed by atoms with Crippen molar-refractivity contribution in [2.24, 2.45) is 12.8 Å². The first-order valence-corrected chi connectivity index (χ1v) is 4.01. The van der Waals surface area contributed by atoms with Crippen molar-refractivity contribution in [1.82, 2.24) is 9.78 Å². The molecule has 0 saturated heterocycles. The second-order valence-corrected chi connectivity index (χ2v) is 3.02. The Labute approximate surface area is 73.1 Å². The number of hydrogen-bond donors (Lipinski definition) is 2. The molecule has 0 aliphatic heterocycles. The van der Waals surface area contributed by atoms with Gasteiger partial charge >= 0.3 is 0 Å². The Hall–Kier alpha value is -0.390. The summed E-state index contributed by atoms with van der Waals surface area (Å²) in [6.07, 6.45) is 0.972. The van der Waals surface area contributed by atoms with Crippen molar-refractivity contribution in [2.75, 3.05) is 6.54 Å². The van der Waals surface area contributed by atoms with E-state index in [0.29, 0.717) is 0 Å². The third-order valence-electron chi connectivity index (χ3n) is 1.47. The lowest BCUT2D eigenvalue weighted by Crippen LogP contribution is -2.11. The first-order chi connectivity index (χ1) is 5.16. The molecule has 1 rings (SSSR count). The summed E-state index contributed by atoms with van der Waals surface area (Å²) in [7, 11) is 1.79. The quantitative estimate of drug-likeness (QED) is 0.746. The molecule has 1 heterocycles. The van der Waals surface area contributed by atoms with Crippen molar-refractivity contribution < 1.29 is 5.11 Å². The number of hydrogen-bond acceptors (Lipinski definition) is 3. The standard InChI is InChI=1S/C6H10BrN3O/c1-10-6(7)4(3-9-10)5(11)2-8/h3,5,11H,2,8H2,1H3. The molecule has 4 nitrogen and oxygen atoms in total. The third kappa shape index (κ3) is 1.61. The van der Waals surface area contributed by atoms with Crippen LogP contribution in [-0.4, -0.2) is 21.4 Å². The zero-order chi connectivity index (χ0) is 8.43. The SMILES string of the molecule is Cn1ncc(C(O)CN)c1Br. The zero-order valence-electron chi connectivity index (χ0n) is 6.16. The van der Waals surface area contributed by atoms with Gasteiger partial charge in [0.15, 0.2) is 0 Å². The Kier molecular flexibility index (Phi) is 2.64. The maximum Gasteiger partial charge on any atom is 0.109 e. The normalized spacial score (nSPS) is 13.5. The van der Waals surface area contributed by atoms with Gasteiger partial charge in [0.1, 0.15) is 4.60 Å². The Bertz CT molecular complexity index is 248. The smallest absolute Gasteiger partial charge is 0.109 e. The van der Waals surface area contributed by atoms with Crippen molar-refractivity contribution in [3.05, 3.63) is 16.4 Å². The number of aromatic nitrogens is 2. The molecule has 5 heteroatoms. The molecule has 0 amide bonds. The minimum atomic E-state index is -0.627. The van der Waals surface area contributed by atoms with E-state index in [0.717, 1.165) is 10.2 Å². The van der Waals surface area contributed by atoms with E-state index >= 15 is 0 Å². The summed E-state index contributed by atoms with van der Waals surface area (Å²) >= 11 is 3.28. The molecule has 0 aliphatic rings. The predicted molar refractivity (Wildman–Crippen MR) is 44.9 cm³/mol. The highest BCUT2D eigenvalue weighted by Crippen LogP contribution is 2.21. The van der Waals surface area contributed by atoms with Gasteiger partial charge in [-0.1, -0.05) is 0 Å². The Morgan fingerprint density at radius 1 is 1.91 bits per heavy atom. The van der Waals surface area contributed by atoms with Gasteiger partial charge in [-0.05, 0) is 15.9 Å². The molecule has 3 N–H and O–H groups in total. The van der Waals surface area contributed by atoms with Crippen molar-refractivity contribution in [3.8, 4) is 0 Å². The first-order valence-electron chi connectivity index (χ1n) is 3.22. The van der Waals surface area contributed by atoms with Gasteiger partial charge in [-0.25, -0.2) is 0 Å². The molecule has 1 aromatic rings. The summed E-state index contributed by atoms with van der Waals surface area (Å²) in [5.41, 5.74) is 6.01. The molecule has 0 fully saturated rings. The molecule has 11 heavy (non-hydrogen) atoms. The van der Waals surface area contributed by atoms with Crippen LogP contribution >= 0.6 is 15.9 Å². The fourth-order valence-corrected chi connectivity index (χ4v) is 1.25. The Morgan fingerprint density at radius 3 is 2.91 bits per heavy atom. The molecule has 0 radical (unpaired) electrons. The van der Waals surface area contributed by atoms with Gasteiger partial charge < -0.3 is 10.8 Å². The predicted octanol–water partition coefficient (Wildman–Crippen LogP) is 0.175. The molecule has 1 aromatic heterocycles. The Balaban J connectivity index is 2.94. The summed E-state index contributed by atoms with van der Waals surface area (Å²) in [6, 6.07) is 0. The molecule has 0 aromatic carbocycles. The van der Waals surface area contributed by atoms with Crippen LogP contribution in [0.2, 0.25) is 0 Å². The largest absolute Gasteiger partial charge is 0.387 e. The molecule has 1 atom stereocenters. The number of aliphatic hydroxyl groups is 1. The van der Waals surface area contributed by atoms with Crippen LogP contribution in [0.15, 0.2) is 10.8 Å². The molecular weight excluding hydrogens is 210 g/mol. The number of nitrogens with two attached hydrogens (primary N) is 1. The number of nitrogens with zero attached hydrogens (tertiary/aromatic N) is 2. The average Bonchev–Trinajstić information content (AvgIpc) is 2.32. The van der Waals surface area contributed by atoms with Crippen LogP contribution in [0.4, 0.5) is 0 Å². The van der Waals surface area contributed by atoms with Gasteiger partial charge in [-0.3, -0.25) is 4.68 Å². The lowest BCUT2D eigenvalue weighted by molar-refractivity contribution is 0.186. The van der Waals surface area contributed by atoms with E-state index in [9.17, 15) is 5.11 Å². The summed E-state index contributed by atoms with van der Waals surface area (Å²) in [5.74, 6) is 0. The summed E-state index contributed by atoms with van der Waals surface area (Å²) in [5, 5.41) is 13.3. The topological polar surface area (TPSA) is 64.1 Å². The van der Waals surface area contributed by atoms with Crippen LogP contribution in [0.25, 0.3) is 0 Å². The summed E-state index contributed by atoms with van der Waals surface area (Å²) < 4.78 is 2.41. The fourth-order valence-electron chi connectivity index (χ4n) is 0.790. The maximum atomic E-state index is 9.32. The molecular formula is C6H10BrN3O. The number of rotatable bonds is 2. The monoisotopic (exact) mass is 219 g/mol. The molecule has 62 valence electrons. The van der Waals surface area contributed by atoms with E-state index in [1.807, 2.05) is 0 Å². The minimum absolute atomic E-state index is 0.213. The number of aryl methyl sites for hydroxylation is 1. The fraction of sp³-hybridized carbons (Fsp3) is 0.500. The van der Waals surface area contributed by atoms with E-state index in [4.69, 9.17) is 5.73 Å². The van der Waals surface area contributed by atoms with Crippen LogP contribution < -0.4 is 5.73 Å². The van der Waals surface area contributed by atoms with E-state index < -0.39 is 6.10 Å². The maximum absolute atomic E-state index is 9.32. The Morgan fingerprint density at radius 2 is 2.55 bits per heavy atom. The molecule has 0 spiro atoms. The second kappa shape index (κ2) is 3.34. The van der Waals surface area contributed by atoms with Crippen molar-refractivity contribution in [1.29, 1.82) is 0 Å².